The smallest absolute Gasteiger partial charge is 0.0470 e. The lowest BCUT2D eigenvalue weighted by molar-refractivity contribution is 0.182. The molecule has 0 saturated carbocycles. The van der Waals surface area contributed by atoms with Crippen molar-refractivity contribution in [2.75, 3.05) is 19.6 Å². The highest BCUT2D eigenvalue weighted by Gasteiger charge is 2.19. The summed E-state index contributed by atoms with van der Waals surface area (Å²) in [5.74, 6) is 1.43. The molecule has 0 fully saturated rings. The molecule has 1 rings (SSSR count). The molecule has 2 unspecified atom stereocenters. The third kappa shape index (κ3) is 5.80. The van der Waals surface area contributed by atoms with Gasteiger partial charge in [0.05, 0.1) is 0 Å². The summed E-state index contributed by atoms with van der Waals surface area (Å²) in [6, 6.07) is 9.44. The van der Waals surface area contributed by atoms with Crippen molar-refractivity contribution in [1.82, 2.24) is 4.90 Å². The molecule has 2 heteroatoms. The standard InChI is InChI=1S/C19H34N2/c1-6-16(5)14-21(7-2)19(13-20)18-10-8-17(9-11-18)12-15(3)4/h8-11,15-16,19H,6-7,12-14,20H2,1-5H3. The highest BCUT2D eigenvalue weighted by Crippen LogP contribution is 2.22. The van der Waals surface area contributed by atoms with Crippen LogP contribution in [0.2, 0.25) is 0 Å². The van der Waals surface area contributed by atoms with Crippen molar-refractivity contribution in [2.45, 2.75) is 53.5 Å². The Morgan fingerprint density at radius 1 is 1.05 bits per heavy atom. The Labute approximate surface area is 131 Å². The lowest BCUT2D eigenvalue weighted by atomic mass is 9.98. The minimum atomic E-state index is 0.345. The first kappa shape index (κ1) is 18.2. The van der Waals surface area contributed by atoms with Gasteiger partial charge in [0.1, 0.15) is 0 Å². The molecule has 120 valence electrons. The van der Waals surface area contributed by atoms with Crippen LogP contribution in [0.4, 0.5) is 0 Å². The fourth-order valence-corrected chi connectivity index (χ4v) is 2.85. The number of likely N-dealkylation sites (N-methyl/N-ethyl adjacent to an activating group) is 1. The third-order valence-electron chi connectivity index (χ3n) is 4.32. The highest BCUT2D eigenvalue weighted by atomic mass is 15.2. The van der Waals surface area contributed by atoms with Crippen LogP contribution in [0.25, 0.3) is 0 Å². The van der Waals surface area contributed by atoms with Crippen LogP contribution in [0.3, 0.4) is 0 Å². The van der Waals surface area contributed by atoms with Crippen LogP contribution in [0.15, 0.2) is 24.3 Å². The van der Waals surface area contributed by atoms with Gasteiger partial charge in [0, 0.05) is 19.1 Å². The average molecular weight is 290 g/mol. The SMILES string of the molecule is CCC(C)CN(CC)C(CN)c1ccc(CC(C)C)cc1. The molecule has 1 aromatic rings. The molecule has 0 aliphatic rings. The van der Waals surface area contributed by atoms with Crippen LogP contribution in [0.5, 0.6) is 0 Å². The fourth-order valence-electron chi connectivity index (χ4n) is 2.85. The summed E-state index contributed by atoms with van der Waals surface area (Å²) in [5, 5.41) is 0. The van der Waals surface area contributed by atoms with Crippen molar-refractivity contribution >= 4 is 0 Å². The predicted octanol–water partition coefficient (Wildman–Crippen LogP) is 4.25. The number of hydrogen-bond acceptors (Lipinski definition) is 2. The molecule has 0 heterocycles. The minimum Gasteiger partial charge on any atom is -0.329 e. The molecule has 0 bridgehead atoms. The largest absolute Gasteiger partial charge is 0.329 e. The Morgan fingerprint density at radius 2 is 1.67 bits per heavy atom. The van der Waals surface area contributed by atoms with E-state index in [1.165, 1.54) is 17.5 Å². The Kier molecular flexibility index (Phi) is 7.98. The number of benzene rings is 1. The molecule has 2 N–H and O–H groups in total. The molecular weight excluding hydrogens is 256 g/mol. The summed E-state index contributed by atoms with van der Waals surface area (Å²) in [5.41, 5.74) is 8.86. The monoisotopic (exact) mass is 290 g/mol. The zero-order chi connectivity index (χ0) is 15.8. The van der Waals surface area contributed by atoms with E-state index in [1.807, 2.05) is 0 Å². The molecule has 0 radical (unpaired) electrons. The minimum absolute atomic E-state index is 0.345. The van der Waals surface area contributed by atoms with Crippen LogP contribution >= 0.6 is 0 Å². The lowest BCUT2D eigenvalue weighted by Crippen LogP contribution is -2.36. The highest BCUT2D eigenvalue weighted by molar-refractivity contribution is 5.25. The molecule has 0 amide bonds. The molecule has 0 aliphatic heterocycles. The molecule has 2 nitrogen and oxygen atoms in total. The van der Waals surface area contributed by atoms with Crippen molar-refractivity contribution in [3.05, 3.63) is 35.4 Å². The average Bonchev–Trinajstić information content (AvgIpc) is 2.47. The Balaban J connectivity index is 2.82. The summed E-state index contributed by atoms with van der Waals surface area (Å²) < 4.78 is 0. The Morgan fingerprint density at radius 3 is 2.10 bits per heavy atom. The van der Waals surface area contributed by atoms with Crippen molar-refractivity contribution in [3.63, 3.8) is 0 Å². The maximum absolute atomic E-state index is 6.08. The van der Waals surface area contributed by atoms with E-state index >= 15 is 0 Å². The Bertz CT molecular complexity index is 383. The van der Waals surface area contributed by atoms with Crippen molar-refractivity contribution in [2.24, 2.45) is 17.6 Å². The second kappa shape index (κ2) is 9.22. The molecule has 0 aliphatic carbocycles. The Hall–Kier alpha value is -0.860. The van der Waals surface area contributed by atoms with E-state index in [2.05, 4.69) is 63.8 Å². The van der Waals surface area contributed by atoms with Crippen molar-refractivity contribution in [1.29, 1.82) is 0 Å². The maximum atomic E-state index is 6.08. The van der Waals surface area contributed by atoms with Gasteiger partial charge in [-0.25, -0.2) is 0 Å². The van der Waals surface area contributed by atoms with Gasteiger partial charge < -0.3 is 5.73 Å². The number of hydrogen-bond donors (Lipinski definition) is 1. The molecular formula is C19H34N2. The molecule has 2 atom stereocenters. The van der Waals surface area contributed by atoms with Gasteiger partial charge >= 0.3 is 0 Å². The van der Waals surface area contributed by atoms with Gasteiger partial charge in [-0.1, -0.05) is 65.3 Å². The lowest BCUT2D eigenvalue weighted by Gasteiger charge is -2.32. The second-order valence-corrected chi connectivity index (χ2v) is 6.69. The molecule has 0 spiro atoms. The molecule has 0 aromatic heterocycles. The van der Waals surface area contributed by atoms with E-state index < -0.39 is 0 Å². The summed E-state index contributed by atoms with van der Waals surface area (Å²) in [6.45, 7) is 14.2. The van der Waals surface area contributed by atoms with Gasteiger partial charge in [-0.3, -0.25) is 4.90 Å². The van der Waals surface area contributed by atoms with Gasteiger partial charge in [0.25, 0.3) is 0 Å². The quantitative estimate of drug-likeness (QED) is 0.736. The van der Waals surface area contributed by atoms with Crippen LogP contribution in [-0.2, 0) is 6.42 Å². The van der Waals surface area contributed by atoms with E-state index in [4.69, 9.17) is 5.73 Å². The van der Waals surface area contributed by atoms with Crippen LogP contribution in [0, 0.1) is 11.8 Å². The summed E-state index contributed by atoms with van der Waals surface area (Å²) in [4.78, 5) is 2.52. The van der Waals surface area contributed by atoms with E-state index in [-0.39, 0.29) is 0 Å². The topological polar surface area (TPSA) is 29.3 Å². The van der Waals surface area contributed by atoms with E-state index in [1.54, 1.807) is 0 Å². The zero-order valence-corrected chi connectivity index (χ0v) is 14.6. The molecule has 0 saturated heterocycles. The number of nitrogens with zero attached hydrogens (tertiary/aromatic N) is 1. The predicted molar refractivity (Wildman–Crippen MR) is 93.5 cm³/mol. The zero-order valence-electron chi connectivity index (χ0n) is 14.6. The van der Waals surface area contributed by atoms with Gasteiger partial charge in [-0.05, 0) is 35.9 Å². The third-order valence-corrected chi connectivity index (χ3v) is 4.32. The van der Waals surface area contributed by atoms with Crippen LogP contribution in [0.1, 0.15) is 58.2 Å². The first-order valence-electron chi connectivity index (χ1n) is 8.54. The fraction of sp³-hybridized carbons (Fsp3) is 0.684. The first-order chi connectivity index (χ1) is 10.0. The molecule has 1 aromatic carbocycles. The van der Waals surface area contributed by atoms with E-state index in [9.17, 15) is 0 Å². The van der Waals surface area contributed by atoms with Crippen LogP contribution < -0.4 is 5.73 Å². The van der Waals surface area contributed by atoms with E-state index in [0.29, 0.717) is 18.5 Å². The molecule has 21 heavy (non-hydrogen) atoms. The van der Waals surface area contributed by atoms with Crippen molar-refractivity contribution in [3.8, 4) is 0 Å². The summed E-state index contributed by atoms with van der Waals surface area (Å²) in [6.07, 6.45) is 2.37. The van der Waals surface area contributed by atoms with Gasteiger partial charge in [-0.2, -0.15) is 0 Å². The van der Waals surface area contributed by atoms with Crippen LogP contribution in [-0.4, -0.2) is 24.5 Å². The number of nitrogens with two attached hydrogens (primary N) is 1. The summed E-state index contributed by atoms with van der Waals surface area (Å²) in [7, 11) is 0. The normalized spacial score (nSPS) is 14.7. The second-order valence-electron chi connectivity index (χ2n) is 6.69. The van der Waals surface area contributed by atoms with Gasteiger partial charge in [0.15, 0.2) is 0 Å². The summed E-state index contributed by atoms with van der Waals surface area (Å²) >= 11 is 0. The first-order valence-corrected chi connectivity index (χ1v) is 8.54. The van der Waals surface area contributed by atoms with E-state index in [0.717, 1.165) is 25.4 Å². The maximum Gasteiger partial charge on any atom is 0.0470 e. The van der Waals surface area contributed by atoms with Gasteiger partial charge in [0.2, 0.25) is 0 Å². The number of rotatable bonds is 9. The van der Waals surface area contributed by atoms with Gasteiger partial charge in [-0.15, -0.1) is 0 Å². The van der Waals surface area contributed by atoms with Crippen molar-refractivity contribution < 1.29 is 0 Å².